The van der Waals surface area contributed by atoms with Crippen LogP contribution in [0.15, 0.2) is 18.2 Å². The highest BCUT2D eigenvalue weighted by molar-refractivity contribution is 5.26. The fraction of sp³-hybridized carbons (Fsp3) is 0.400. The van der Waals surface area contributed by atoms with Gasteiger partial charge in [0.25, 0.3) is 5.92 Å². The Bertz CT molecular complexity index is 368. The molecule has 84 valence electrons. The molecule has 0 saturated heterocycles. The molecule has 2 N–H and O–H groups in total. The predicted octanol–water partition coefficient (Wildman–Crippen LogP) is 2.79. The highest BCUT2D eigenvalue weighted by atomic mass is 19.3. The standard InChI is InChI=1S/C10H11F4N/c1-9(2,15)10(13,14)7-5-6(11)3-4-8(7)12/h3-5H,15H2,1-2H3. The largest absolute Gasteiger partial charge is 0.320 e. The van der Waals surface area contributed by atoms with Crippen LogP contribution in [0.3, 0.4) is 0 Å². The first-order valence-electron chi connectivity index (χ1n) is 4.28. The van der Waals surface area contributed by atoms with Gasteiger partial charge in [0.15, 0.2) is 0 Å². The molecule has 15 heavy (non-hydrogen) atoms. The van der Waals surface area contributed by atoms with Crippen molar-refractivity contribution in [1.82, 2.24) is 0 Å². The zero-order valence-corrected chi connectivity index (χ0v) is 8.32. The third-order valence-corrected chi connectivity index (χ3v) is 2.08. The minimum absolute atomic E-state index is 0.462. The van der Waals surface area contributed by atoms with Crippen molar-refractivity contribution < 1.29 is 17.6 Å². The number of alkyl halides is 2. The number of halogens is 4. The molecule has 0 aliphatic heterocycles. The van der Waals surface area contributed by atoms with Crippen molar-refractivity contribution in [3.63, 3.8) is 0 Å². The Hall–Kier alpha value is -1.10. The van der Waals surface area contributed by atoms with E-state index in [4.69, 9.17) is 5.73 Å². The summed E-state index contributed by atoms with van der Waals surface area (Å²) in [6.45, 7) is 2.11. The Labute approximate surface area is 84.9 Å². The third-order valence-electron chi connectivity index (χ3n) is 2.08. The SMILES string of the molecule is CC(C)(N)C(F)(F)c1cc(F)ccc1F. The molecule has 0 saturated carbocycles. The van der Waals surface area contributed by atoms with Crippen LogP contribution < -0.4 is 5.73 Å². The molecular formula is C10H11F4N. The van der Waals surface area contributed by atoms with Crippen LogP contribution in [-0.4, -0.2) is 5.54 Å². The van der Waals surface area contributed by atoms with Crippen LogP contribution in [0.4, 0.5) is 17.6 Å². The van der Waals surface area contributed by atoms with Gasteiger partial charge in [-0.3, -0.25) is 0 Å². The van der Waals surface area contributed by atoms with Crippen molar-refractivity contribution >= 4 is 0 Å². The van der Waals surface area contributed by atoms with Gasteiger partial charge in [0, 0.05) is 0 Å². The molecule has 0 radical (unpaired) electrons. The number of benzene rings is 1. The molecule has 0 aromatic heterocycles. The van der Waals surface area contributed by atoms with Crippen molar-refractivity contribution in [1.29, 1.82) is 0 Å². The van der Waals surface area contributed by atoms with E-state index in [1.54, 1.807) is 0 Å². The summed E-state index contributed by atoms with van der Waals surface area (Å²) in [5, 5.41) is 0. The smallest absolute Gasteiger partial charge is 0.293 e. The van der Waals surface area contributed by atoms with E-state index in [-0.39, 0.29) is 0 Å². The summed E-state index contributed by atoms with van der Waals surface area (Å²) in [5.41, 5.74) is 2.25. The molecule has 0 amide bonds. The maximum absolute atomic E-state index is 13.6. The van der Waals surface area contributed by atoms with Gasteiger partial charge in [-0.2, -0.15) is 8.78 Å². The first-order valence-corrected chi connectivity index (χ1v) is 4.28. The molecule has 0 unspecified atom stereocenters. The second-order valence-corrected chi connectivity index (χ2v) is 3.92. The topological polar surface area (TPSA) is 26.0 Å². The van der Waals surface area contributed by atoms with E-state index in [9.17, 15) is 17.6 Å². The van der Waals surface area contributed by atoms with Crippen molar-refractivity contribution in [3.8, 4) is 0 Å². The minimum Gasteiger partial charge on any atom is -0.320 e. The third kappa shape index (κ3) is 2.12. The lowest BCUT2D eigenvalue weighted by Crippen LogP contribution is -2.48. The monoisotopic (exact) mass is 221 g/mol. The molecule has 0 spiro atoms. The number of nitrogens with two attached hydrogens (primary N) is 1. The molecule has 0 fully saturated rings. The second-order valence-electron chi connectivity index (χ2n) is 3.92. The molecule has 0 aliphatic rings. The van der Waals surface area contributed by atoms with Gasteiger partial charge in [0.1, 0.15) is 11.6 Å². The molecule has 0 heterocycles. The minimum atomic E-state index is -3.63. The normalized spacial score (nSPS) is 13.0. The average molecular weight is 221 g/mol. The number of hydrogen-bond donors (Lipinski definition) is 1. The van der Waals surface area contributed by atoms with Crippen LogP contribution in [0.25, 0.3) is 0 Å². The van der Waals surface area contributed by atoms with Gasteiger partial charge in [-0.1, -0.05) is 0 Å². The van der Waals surface area contributed by atoms with Crippen molar-refractivity contribution in [2.24, 2.45) is 5.73 Å². The fourth-order valence-electron chi connectivity index (χ4n) is 1.09. The van der Waals surface area contributed by atoms with Crippen LogP contribution in [0.2, 0.25) is 0 Å². The lowest BCUT2D eigenvalue weighted by molar-refractivity contribution is -0.0702. The molecule has 1 rings (SSSR count). The molecule has 0 atom stereocenters. The Morgan fingerprint density at radius 3 is 2.13 bits per heavy atom. The van der Waals surface area contributed by atoms with Gasteiger partial charge in [-0.25, -0.2) is 8.78 Å². The van der Waals surface area contributed by atoms with Crippen LogP contribution in [0.5, 0.6) is 0 Å². The summed E-state index contributed by atoms with van der Waals surface area (Å²) < 4.78 is 53.0. The molecule has 0 aliphatic carbocycles. The Morgan fingerprint density at radius 2 is 1.67 bits per heavy atom. The lowest BCUT2D eigenvalue weighted by Gasteiger charge is -2.30. The van der Waals surface area contributed by atoms with Crippen LogP contribution in [0, 0.1) is 11.6 Å². The van der Waals surface area contributed by atoms with E-state index < -0.39 is 28.7 Å². The highest BCUT2D eigenvalue weighted by Crippen LogP contribution is 2.38. The summed E-state index contributed by atoms with van der Waals surface area (Å²) in [4.78, 5) is 0. The van der Waals surface area contributed by atoms with Gasteiger partial charge in [0.2, 0.25) is 0 Å². The van der Waals surface area contributed by atoms with Gasteiger partial charge >= 0.3 is 0 Å². The first-order chi connectivity index (χ1) is 6.66. The van der Waals surface area contributed by atoms with Gasteiger partial charge in [-0.15, -0.1) is 0 Å². The van der Waals surface area contributed by atoms with E-state index in [0.717, 1.165) is 19.9 Å². The fourth-order valence-corrected chi connectivity index (χ4v) is 1.09. The van der Waals surface area contributed by atoms with Crippen molar-refractivity contribution in [3.05, 3.63) is 35.4 Å². The molecular weight excluding hydrogens is 210 g/mol. The molecule has 1 nitrogen and oxygen atoms in total. The van der Waals surface area contributed by atoms with Crippen LogP contribution in [0.1, 0.15) is 19.4 Å². The van der Waals surface area contributed by atoms with Crippen LogP contribution >= 0.6 is 0 Å². The summed E-state index contributed by atoms with van der Waals surface area (Å²) in [6.07, 6.45) is 0. The zero-order valence-electron chi connectivity index (χ0n) is 8.32. The lowest BCUT2D eigenvalue weighted by atomic mass is 9.91. The second kappa shape index (κ2) is 3.48. The zero-order chi connectivity index (χ0) is 11.9. The summed E-state index contributed by atoms with van der Waals surface area (Å²) in [7, 11) is 0. The Balaban J connectivity index is 3.32. The van der Waals surface area contributed by atoms with Gasteiger partial charge in [-0.05, 0) is 32.0 Å². The Kier molecular flexibility index (Phi) is 2.78. The maximum Gasteiger partial charge on any atom is 0.293 e. The molecule has 1 aromatic carbocycles. The summed E-state index contributed by atoms with van der Waals surface area (Å²) in [6, 6.07) is 1.90. The maximum atomic E-state index is 13.6. The molecule has 1 aromatic rings. The van der Waals surface area contributed by atoms with Crippen molar-refractivity contribution in [2.45, 2.75) is 25.3 Å². The van der Waals surface area contributed by atoms with E-state index >= 15 is 0 Å². The number of rotatable bonds is 2. The number of hydrogen-bond acceptors (Lipinski definition) is 1. The predicted molar refractivity (Wildman–Crippen MR) is 48.5 cm³/mol. The van der Waals surface area contributed by atoms with E-state index in [2.05, 4.69) is 0 Å². The van der Waals surface area contributed by atoms with Crippen LogP contribution in [-0.2, 0) is 5.92 Å². The van der Waals surface area contributed by atoms with Gasteiger partial charge in [0.05, 0.1) is 11.1 Å². The first kappa shape index (κ1) is 12.0. The van der Waals surface area contributed by atoms with Crippen molar-refractivity contribution in [2.75, 3.05) is 0 Å². The van der Waals surface area contributed by atoms with E-state index in [1.807, 2.05) is 0 Å². The quantitative estimate of drug-likeness (QED) is 0.763. The van der Waals surface area contributed by atoms with Gasteiger partial charge < -0.3 is 5.73 Å². The van der Waals surface area contributed by atoms with E-state index in [0.29, 0.717) is 12.1 Å². The molecule has 5 heteroatoms. The summed E-state index contributed by atoms with van der Waals surface area (Å²) >= 11 is 0. The Morgan fingerprint density at radius 1 is 1.13 bits per heavy atom. The van der Waals surface area contributed by atoms with E-state index in [1.165, 1.54) is 0 Å². The highest BCUT2D eigenvalue weighted by Gasteiger charge is 2.47. The summed E-state index contributed by atoms with van der Waals surface area (Å²) in [5.74, 6) is -5.71. The average Bonchev–Trinajstić information content (AvgIpc) is 2.07. The molecule has 0 bridgehead atoms.